The van der Waals surface area contributed by atoms with Crippen LogP contribution in [-0.4, -0.2) is 4.57 Å². The van der Waals surface area contributed by atoms with Gasteiger partial charge in [-0.3, -0.25) is 0 Å². The van der Waals surface area contributed by atoms with Gasteiger partial charge in [-0.05, 0) is 47.5 Å². The number of benzene rings is 5. The molecule has 0 amide bonds. The molecular weight excluding hydrogens is 444 g/mol. The van der Waals surface area contributed by atoms with Crippen molar-refractivity contribution in [3.63, 3.8) is 0 Å². The maximum atomic E-state index is 10.0. The van der Waals surface area contributed by atoms with Crippen molar-refractivity contribution in [1.82, 2.24) is 4.57 Å². The lowest BCUT2D eigenvalue weighted by atomic mass is 9.97. The molecule has 0 atom stereocenters. The van der Waals surface area contributed by atoms with Crippen LogP contribution in [0, 0.1) is 11.3 Å². The SMILES string of the molecule is N#Cc1cc2sc3ccccc3c2cc1Cc1ccccc1-n1c2ccccc2c2ccccc21. The molecule has 0 unspecified atom stereocenters. The minimum Gasteiger partial charge on any atom is -0.309 e. The molecule has 5 aromatic carbocycles. The average Bonchev–Trinajstić information content (AvgIpc) is 3.44. The summed E-state index contributed by atoms with van der Waals surface area (Å²) in [5, 5.41) is 15.0. The summed E-state index contributed by atoms with van der Waals surface area (Å²) < 4.78 is 4.79. The van der Waals surface area contributed by atoms with E-state index in [-0.39, 0.29) is 0 Å². The molecule has 35 heavy (non-hydrogen) atoms. The van der Waals surface area contributed by atoms with Gasteiger partial charge in [-0.2, -0.15) is 5.26 Å². The Kier molecular flexibility index (Phi) is 4.48. The van der Waals surface area contributed by atoms with Crippen LogP contribution in [0.4, 0.5) is 0 Å². The Morgan fingerprint density at radius 2 is 1.23 bits per heavy atom. The van der Waals surface area contributed by atoms with Crippen LogP contribution in [0.1, 0.15) is 16.7 Å². The van der Waals surface area contributed by atoms with Gasteiger partial charge in [0.15, 0.2) is 0 Å². The van der Waals surface area contributed by atoms with E-state index in [1.54, 1.807) is 11.3 Å². The van der Waals surface area contributed by atoms with Gasteiger partial charge >= 0.3 is 0 Å². The molecule has 0 aliphatic heterocycles. The van der Waals surface area contributed by atoms with Crippen molar-refractivity contribution in [2.24, 2.45) is 0 Å². The number of hydrogen-bond donors (Lipinski definition) is 0. The van der Waals surface area contributed by atoms with Gasteiger partial charge in [-0.25, -0.2) is 0 Å². The zero-order valence-electron chi connectivity index (χ0n) is 18.9. The lowest BCUT2D eigenvalue weighted by Gasteiger charge is -2.14. The zero-order chi connectivity index (χ0) is 23.4. The van der Waals surface area contributed by atoms with Crippen LogP contribution in [0.15, 0.2) is 109 Å². The highest BCUT2D eigenvalue weighted by atomic mass is 32.1. The molecule has 0 aliphatic rings. The average molecular weight is 465 g/mol. The molecule has 0 radical (unpaired) electrons. The normalized spacial score (nSPS) is 11.5. The van der Waals surface area contributed by atoms with Crippen molar-refractivity contribution in [3.8, 4) is 11.8 Å². The lowest BCUT2D eigenvalue weighted by molar-refractivity contribution is 1.09. The van der Waals surface area contributed by atoms with Gasteiger partial charge in [-0.1, -0.05) is 72.8 Å². The second-order valence-corrected chi connectivity index (χ2v) is 9.97. The molecule has 164 valence electrons. The van der Waals surface area contributed by atoms with E-state index in [1.807, 2.05) is 0 Å². The highest BCUT2D eigenvalue weighted by molar-refractivity contribution is 7.25. The summed E-state index contributed by atoms with van der Waals surface area (Å²) in [6.07, 6.45) is 0.694. The molecule has 7 rings (SSSR count). The van der Waals surface area contributed by atoms with Crippen LogP contribution < -0.4 is 0 Å². The number of fused-ring (bicyclic) bond motifs is 6. The minimum absolute atomic E-state index is 0.694. The number of hydrogen-bond acceptors (Lipinski definition) is 2. The first-order valence-corrected chi connectivity index (χ1v) is 12.5. The molecule has 0 aliphatic carbocycles. The third-order valence-electron chi connectivity index (χ3n) is 6.92. The highest BCUT2D eigenvalue weighted by Crippen LogP contribution is 2.37. The van der Waals surface area contributed by atoms with Crippen LogP contribution in [-0.2, 0) is 6.42 Å². The highest BCUT2D eigenvalue weighted by Gasteiger charge is 2.16. The van der Waals surface area contributed by atoms with Crippen molar-refractivity contribution in [2.75, 3.05) is 0 Å². The van der Waals surface area contributed by atoms with E-state index in [9.17, 15) is 5.26 Å². The van der Waals surface area contributed by atoms with E-state index in [0.717, 1.165) is 16.8 Å². The van der Waals surface area contributed by atoms with Gasteiger partial charge in [0.25, 0.3) is 0 Å². The van der Waals surface area contributed by atoms with Crippen LogP contribution in [0.3, 0.4) is 0 Å². The molecule has 0 N–H and O–H groups in total. The number of thiophene rings is 1. The fourth-order valence-corrected chi connectivity index (χ4v) is 6.46. The Hall–Kier alpha value is -4.39. The van der Waals surface area contributed by atoms with E-state index in [2.05, 4.69) is 120 Å². The van der Waals surface area contributed by atoms with E-state index < -0.39 is 0 Å². The quantitative estimate of drug-likeness (QED) is 0.257. The molecule has 0 fully saturated rings. The van der Waals surface area contributed by atoms with Gasteiger partial charge < -0.3 is 4.57 Å². The number of para-hydroxylation sites is 3. The molecule has 0 bridgehead atoms. The van der Waals surface area contributed by atoms with Crippen molar-refractivity contribution in [1.29, 1.82) is 5.26 Å². The largest absolute Gasteiger partial charge is 0.309 e. The number of nitriles is 1. The summed E-state index contributed by atoms with van der Waals surface area (Å²) >= 11 is 1.75. The van der Waals surface area contributed by atoms with Gasteiger partial charge in [0.1, 0.15) is 0 Å². The summed E-state index contributed by atoms with van der Waals surface area (Å²) in [6, 6.07) is 41.0. The Morgan fingerprint density at radius 3 is 1.97 bits per heavy atom. The first-order valence-electron chi connectivity index (χ1n) is 11.7. The molecule has 2 heterocycles. The third-order valence-corrected chi connectivity index (χ3v) is 8.05. The fourth-order valence-electron chi connectivity index (χ4n) is 5.33. The Bertz CT molecular complexity index is 1900. The van der Waals surface area contributed by atoms with Crippen molar-refractivity contribution < 1.29 is 0 Å². The predicted octanol–water partition coefficient (Wildman–Crippen LogP) is 8.61. The van der Waals surface area contributed by atoms with Gasteiger partial charge in [0.2, 0.25) is 0 Å². The van der Waals surface area contributed by atoms with Crippen molar-refractivity contribution in [2.45, 2.75) is 6.42 Å². The summed E-state index contributed by atoms with van der Waals surface area (Å²) in [4.78, 5) is 0. The third kappa shape index (κ3) is 3.08. The van der Waals surface area contributed by atoms with Gasteiger partial charge in [0, 0.05) is 43.1 Å². The van der Waals surface area contributed by atoms with Crippen molar-refractivity contribution >= 4 is 53.3 Å². The van der Waals surface area contributed by atoms with Gasteiger partial charge in [-0.15, -0.1) is 11.3 Å². The Labute approximate surface area is 206 Å². The molecule has 2 nitrogen and oxygen atoms in total. The molecule has 0 saturated carbocycles. The smallest absolute Gasteiger partial charge is 0.0995 e. The molecule has 0 saturated heterocycles. The number of aromatic nitrogens is 1. The second-order valence-electron chi connectivity index (χ2n) is 8.89. The van der Waals surface area contributed by atoms with Gasteiger partial charge in [0.05, 0.1) is 22.7 Å². The summed E-state index contributed by atoms with van der Waals surface area (Å²) in [5.74, 6) is 0. The van der Waals surface area contributed by atoms with E-state index in [1.165, 1.54) is 47.5 Å². The second kappa shape index (κ2) is 7.84. The lowest BCUT2D eigenvalue weighted by Crippen LogP contribution is -2.01. The number of rotatable bonds is 3. The number of nitrogens with zero attached hydrogens (tertiary/aromatic N) is 2. The molecular formula is C32H20N2S. The van der Waals surface area contributed by atoms with Crippen LogP contribution in [0.5, 0.6) is 0 Å². The standard InChI is InChI=1S/C32H20N2S/c33-20-23-19-32-27(26-12-4-8-16-31(26)35-32)18-22(23)17-21-9-1-5-13-28(21)34-29-14-6-2-10-24(29)25-11-3-7-15-30(25)34/h1-16,18-19H,17H2. The Morgan fingerprint density at radius 1 is 0.600 bits per heavy atom. The first-order chi connectivity index (χ1) is 17.3. The molecule has 2 aromatic heterocycles. The summed E-state index contributed by atoms with van der Waals surface area (Å²) in [5.41, 5.74) is 6.57. The van der Waals surface area contributed by atoms with Crippen LogP contribution in [0.2, 0.25) is 0 Å². The Balaban J connectivity index is 1.45. The maximum Gasteiger partial charge on any atom is 0.0995 e. The molecule has 7 aromatic rings. The van der Waals surface area contributed by atoms with E-state index >= 15 is 0 Å². The van der Waals surface area contributed by atoms with E-state index in [4.69, 9.17) is 0 Å². The van der Waals surface area contributed by atoms with Crippen LogP contribution in [0.25, 0.3) is 47.7 Å². The first kappa shape index (κ1) is 20.0. The molecule has 3 heteroatoms. The topological polar surface area (TPSA) is 28.7 Å². The van der Waals surface area contributed by atoms with E-state index in [0.29, 0.717) is 6.42 Å². The van der Waals surface area contributed by atoms with Crippen LogP contribution >= 0.6 is 11.3 Å². The monoisotopic (exact) mass is 464 g/mol. The predicted molar refractivity (Wildman–Crippen MR) is 148 cm³/mol. The summed E-state index contributed by atoms with van der Waals surface area (Å²) in [7, 11) is 0. The zero-order valence-corrected chi connectivity index (χ0v) is 19.7. The summed E-state index contributed by atoms with van der Waals surface area (Å²) in [6.45, 7) is 0. The fraction of sp³-hybridized carbons (Fsp3) is 0.0312. The van der Waals surface area contributed by atoms with Crippen molar-refractivity contribution in [3.05, 3.63) is 126 Å². The maximum absolute atomic E-state index is 10.0. The molecule has 0 spiro atoms. The minimum atomic E-state index is 0.694.